The molecule has 3 N–H and O–H groups in total. The molecule has 1 aliphatic rings. The average molecular weight is 242 g/mol. The van der Waals surface area contributed by atoms with E-state index >= 15 is 0 Å². The average Bonchev–Trinajstić information content (AvgIpc) is 2.21. The van der Waals surface area contributed by atoms with Crippen molar-refractivity contribution in [2.45, 2.75) is 31.7 Å². The number of hydrogen-bond donors (Lipinski definition) is 2. The first-order valence-electron chi connectivity index (χ1n) is 5.35. The number of phenolic OH excluding ortho intramolecular Hbond substituents is 1. The molecule has 88 valence electrons. The Labute approximate surface area is 100 Å². The van der Waals surface area contributed by atoms with Gasteiger partial charge in [-0.3, -0.25) is 0 Å². The van der Waals surface area contributed by atoms with Gasteiger partial charge < -0.3 is 15.6 Å². The van der Waals surface area contributed by atoms with Crippen LogP contribution in [-0.2, 0) is 5.54 Å². The molecule has 1 fully saturated rings. The van der Waals surface area contributed by atoms with Crippen molar-refractivity contribution in [2.75, 3.05) is 7.11 Å². The third-order valence-corrected chi connectivity index (χ3v) is 3.83. The first kappa shape index (κ1) is 11.6. The summed E-state index contributed by atoms with van der Waals surface area (Å²) < 4.78 is 5.12. The first-order valence-corrected chi connectivity index (χ1v) is 5.73. The highest BCUT2D eigenvalue weighted by atomic mass is 35.5. The molecule has 0 unspecified atom stereocenters. The summed E-state index contributed by atoms with van der Waals surface area (Å²) in [5.74, 6) is 0.522. The molecule has 0 spiro atoms. The van der Waals surface area contributed by atoms with E-state index in [1.807, 2.05) is 6.92 Å². The Morgan fingerprint density at radius 3 is 2.56 bits per heavy atom. The normalized spacial score (nSPS) is 18.0. The minimum absolute atomic E-state index is 0.0836. The fourth-order valence-electron chi connectivity index (χ4n) is 2.17. The van der Waals surface area contributed by atoms with Crippen molar-refractivity contribution in [2.24, 2.45) is 5.73 Å². The molecule has 2 rings (SSSR count). The van der Waals surface area contributed by atoms with Gasteiger partial charge in [-0.05, 0) is 37.8 Å². The standard InChI is InChI=1S/C12H16ClNO2/c1-7-6-8(16-2)11(15)9(10(7)13)12(14)4-3-5-12/h6,15H,3-5,14H2,1-2H3. The second-order valence-corrected chi connectivity index (χ2v) is 4.82. The lowest BCUT2D eigenvalue weighted by atomic mass is 9.72. The van der Waals surface area contributed by atoms with Crippen molar-refractivity contribution in [3.05, 3.63) is 22.2 Å². The molecule has 0 atom stereocenters. The van der Waals surface area contributed by atoms with E-state index in [0.717, 1.165) is 24.8 Å². The number of benzene rings is 1. The predicted octanol–water partition coefficient (Wildman–Crippen LogP) is 2.70. The van der Waals surface area contributed by atoms with Crippen LogP contribution in [0.4, 0.5) is 0 Å². The maximum atomic E-state index is 10.1. The zero-order chi connectivity index (χ0) is 11.9. The van der Waals surface area contributed by atoms with Gasteiger partial charge in [0, 0.05) is 11.1 Å². The zero-order valence-corrected chi connectivity index (χ0v) is 10.3. The van der Waals surface area contributed by atoms with Crippen molar-refractivity contribution in [1.29, 1.82) is 0 Å². The number of aryl methyl sites for hydroxylation is 1. The van der Waals surface area contributed by atoms with Gasteiger partial charge in [0.25, 0.3) is 0 Å². The van der Waals surface area contributed by atoms with Gasteiger partial charge in [0.15, 0.2) is 11.5 Å². The number of phenols is 1. The van der Waals surface area contributed by atoms with Crippen LogP contribution in [0.15, 0.2) is 6.07 Å². The quantitative estimate of drug-likeness (QED) is 0.837. The van der Waals surface area contributed by atoms with Gasteiger partial charge in [-0.2, -0.15) is 0 Å². The minimum Gasteiger partial charge on any atom is -0.504 e. The molecular formula is C12H16ClNO2. The Morgan fingerprint density at radius 1 is 1.50 bits per heavy atom. The van der Waals surface area contributed by atoms with E-state index < -0.39 is 5.54 Å². The van der Waals surface area contributed by atoms with Gasteiger partial charge in [0.1, 0.15) is 0 Å². The van der Waals surface area contributed by atoms with Crippen LogP contribution in [0.2, 0.25) is 5.02 Å². The minimum atomic E-state index is -0.486. The van der Waals surface area contributed by atoms with Gasteiger partial charge in [0.05, 0.1) is 12.1 Å². The van der Waals surface area contributed by atoms with Crippen LogP contribution in [0.25, 0.3) is 0 Å². The van der Waals surface area contributed by atoms with Crippen LogP contribution in [-0.4, -0.2) is 12.2 Å². The van der Waals surface area contributed by atoms with Gasteiger partial charge in [0.2, 0.25) is 0 Å². The summed E-state index contributed by atoms with van der Waals surface area (Å²) in [4.78, 5) is 0. The summed E-state index contributed by atoms with van der Waals surface area (Å²) in [6.07, 6.45) is 2.78. The van der Waals surface area contributed by atoms with Crippen LogP contribution in [0.1, 0.15) is 30.4 Å². The Bertz CT molecular complexity index is 428. The molecule has 1 saturated carbocycles. The highest BCUT2D eigenvalue weighted by Gasteiger charge is 2.39. The van der Waals surface area contributed by atoms with Crippen LogP contribution in [0, 0.1) is 6.92 Å². The third-order valence-electron chi connectivity index (χ3n) is 3.35. The van der Waals surface area contributed by atoms with E-state index in [0.29, 0.717) is 16.3 Å². The highest BCUT2D eigenvalue weighted by Crippen LogP contribution is 2.49. The lowest BCUT2D eigenvalue weighted by Gasteiger charge is -2.39. The first-order chi connectivity index (χ1) is 7.49. The van der Waals surface area contributed by atoms with Crippen molar-refractivity contribution >= 4 is 11.6 Å². The Balaban J connectivity index is 2.62. The van der Waals surface area contributed by atoms with Crippen molar-refractivity contribution in [1.82, 2.24) is 0 Å². The van der Waals surface area contributed by atoms with Gasteiger partial charge in [-0.15, -0.1) is 0 Å². The molecular weight excluding hydrogens is 226 g/mol. The number of methoxy groups -OCH3 is 1. The molecule has 1 aromatic carbocycles. The van der Waals surface area contributed by atoms with E-state index in [1.165, 1.54) is 7.11 Å². The lowest BCUT2D eigenvalue weighted by molar-refractivity contribution is 0.242. The zero-order valence-electron chi connectivity index (χ0n) is 9.51. The lowest BCUT2D eigenvalue weighted by Crippen LogP contribution is -2.43. The number of hydrogen-bond acceptors (Lipinski definition) is 3. The van der Waals surface area contributed by atoms with Gasteiger partial charge in [-0.25, -0.2) is 0 Å². The monoisotopic (exact) mass is 241 g/mol. The number of aromatic hydroxyl groups is 1. The van der Waals surface area contributed by atoms with Crippen molar-refractivity contribution in [3.63, 3.8) is 0 Å². The number of ether oxygens (including phenoxy) is 1. The topological polar surface area (TPSA) is 55.5 Å². The fraction of sp³-hybridized carbons (Fsp3) is 0.500. The van der Waals surface area contributed by atoms with Gasteiger partial charge in [-0.1, -0.05) is 11.6 Å². The van der Waals surface area contributed by atoms with E-state index in [-0.39, 0.29) is 5.75 Å². The van der Waals surface area contributed by atoms with Crippen LogP contribution < -0.4 is 10.5 Å². The summed E-state index contributed by atoms with van der Waals surface area (Å²) in [6.45, 7) is 1.88. The van der Waals surface area contributed by atoms with E-state index in [9.17, 15) is 5.11 Å². The Morgan fingerprint density at radius 2 is 2.12 bits per heavy atom. The number of rotatable bonds is 2. The highest BCUT2D eigenvalue weighted by molar-refractivity contribution is 6.32. The molecule has 0 amide bonds. The SMILES string of the molecule is COc1cc(C)c(Cl)c(C2(N)CCC2)c1O. The maximum absolute atomic E-state index is 10.1. The Hall–Kier alpha value is -0.930. The number of halogens is 1. The second kappa shape index (κ2) is 3.82. The predicted molar refractivity (Wildman–Crippen MR) is 64.1 cm³/mol. The van der Waals surface area contributed by atoms with Gasteiger partial charge >= 0.3 is 0 Å². The molecule has 1 aromatic rings. The molecule has 0 aliphatic heterocycles. The summed E-state index contributed by atoms with van der Waals surface area (Å²) in [7, 11) is 1.52. The van der Waals surface area contributed by atoms with Crippen LogP contribution >= 0.6 is 11.6 Å². The Kier molecular flexibility index (Phi) is 2.76. The van der Waals surface area contributed by atoms with Crippen molar-refractivity contribution in [3.8, 4) is 11.5 Å². The second-order valence-electron chi connectivity index (χ2n) is 4.44. The molecule has 0 aromatic heterocycles. The van der Waals surface area contributed by atoms with Crippen LogP contribution in [0.3, 0.4) is 0 Å². The van der Waals surface area contributed by atoms with E-state index in [4.69, 9.17) is 22.1 Å². The van der Waals surface area contributed by atoms with E-state index in [1.54, 1.807) is 6.07 Å². The largest absolute Gasteiger partial charge is 0.504 e. The number of nitrogens with two attached hydrogens (primary N) is 1. The molecule has 1 aliphatic carbocycles. The molecule has 0 bridgehead atoms. The summed E-state index contributed by atoms with van der Waals surface area (Å²) >= 11 is 6.23. The third kappa shape index (κ3) is 1.55. The molecule has 0 heterocycles. The molecule has 0 radical (unpaired) electrons. The molecule has 4 heteroatoms. The summed E-state index contributed by atoms with van der Waals surface area (Å²) in [5, 5.41) is 10.7. The molecule has 3 nitrogen and oxygen atoms in total. The molecule has 16 heavy (non-hydrogen) atoms. The van der Waals surface area contributed by atoms with Crippen LogP contribution in [0.5, 0.6) is 11.5 Å². The summed E-state index contributed by atoms with van der Waals surface area (Å²) in [6, 6.07) is 1.73. The fourth-order valence-corrected chi connectivity index (χ4v) is 2.50. The summed E-state index contributed by atoms with van der Waals surface area (Å²) in [5.41, 5.74) is 7.25. The maximum Gasteiger partial charge on any atom is 0.164 e. The smallest absolute Gasteiger partial charge is 0.164 e. The van der Waals surface area contributed by atoms with Crippen molar-refractivity contribution < 1.29 is 9.84 Å². The van der Waals surface area contributed by atoms with E-state index in [2.05, 4.69) is 0 Å². The molecule has 0 saturated heterocycles.